The van der Waals surface area contributed by atoms with Gasteiger partial charge in [0.15, 0.2) is 0 Å². The van der Waals surface area contributed by atoms with Crippen molar-refractivity contribution >= 4 is 110 Å². The summed E-state index contributed by atoms with van der Waals surface area (Å²) in [4.78, 5) is 6.37. The van der Waals surface area contributed by atoms with Crippen molar-refractivity contribution in [3.8, 4) is 11.4 Å². The average Bonchev–Trinajstić information content (AvgIpc) is 4.21. The standard InChI is InChI=1S/C68H49N3O2/c1-3-46-47(52-28-18-29-53-50-25-11-15-33-61(50)73-68(52)53)36-35-41(2)65(69-66(46)55-30-17-27-51-48-23-9-14-32-59(48)71(67(51)55)44-21-5-4-6-22-44)57-39-45(40-63-64(57)54-26-12-16-34-62(54)72-63)70-58-31-13-10-24-49(58)56-37-42-19-7-8-20-43(42)38-60(56)70/h4-34,36-41,46,66H,3,35H2,1-2H3/b47-36-,69-65+. The number of furan rings is 2. The van der Waals surface area contributed by atoms with Gasteiger partial charge in [0.1, 0.15) is 22.3 Å². The van der Waals surface area contributed by atoms with E-state index in [-0.39, 0.29) is 17.9 Å². The minimum absolute atomic E-state index is 0.0126. The highest BCUT2D eigenvalue weighted by Gasteiger charge is 2.34. The van der Waals surface area contributed by atoms with Crippen LogP contribution in [-0.2, 0) is 0 Å². The van der Waals surface area contributed by atoms with Crippen LogP contribution in [0.1, 0.15) is 49.4 Å². The van der Waals surface area contributed by atoms with E-state index in [1.165, 1.54) is 54.5 Å². The summed E-state index contributed by atoms with van der Waals surface area (Å²) in [6.07, 6.45) is 4.16. The third-order valence-electron chi connectivity index (χ3n) is 16.0. The Morgan fingerprint density at radius 1 is 0.479 bits per heavy atom. The zero-order valence-electron chi connectivity index (χ0n) is 40.6. The van der Waals surface area contributed by atoms with E-state index in [1.54, 1.807) is 0 Å². The van der Waals surface area contributed by atoms with Crippen molar-refractivity contribution in [2.45, 2.75) is 32.7 Å². The van der Waals surface area contributed by atoms with Crippen LogP contribution in [0, 0.1) is 11.8 Å². The van der Waals surface area contributed by atoms with Crippen LogP contribution in [0.15, 0.2) is 232 Å². The van der Waals surface area contributed by atoms with E-state index in [0.29, 0.717) is 0 Å². The fraction of sp³-hybridized carbons (Fsp3) is 0.103. The zero-order valence-corrected chi connectivity index (χ0v) is 40.6. The molecule has 0 bridgehead atoms. The first kappa shape index (κ1) is 41.8. The predicted octanol–water partition coefficient (Wildman–Crippen LogP) is 18.5. The first-order valence-corrected chi connectivity index (χ1v) is 25.7. The number of fused-ring (bicyclic) bond motifs is 13. The molecule has 5 heteroatoms. The van der Waals surface area contributed by atoms with Gasteiger partial charge in [-0.05, 0) is 83.8 Å². The van der Waals surface area contributed by atoms with Gasteiger partial charge in [0.2, 0.25) is 0 Å². The van der Waals surface area contributed by atoms with E-state index in [4.69, 9.17) is 13.8 Å². The second kappa shape index (κ2) is 16.3. The van der Waals surface area contributed by atoms with Gasteiger partial charge >= 0.3 is 0 Å². The predicted molar refractivity (Wildman–Crippen MR) is 305 cm³/mol. The van der Waals surface area contributed by atoms with E-state index < -0.39 is 0 Å². The second-order valence-corrected chi connectivity index (χ2v) is 20.0. The van der Waals surface area contributed by atoms with Crippen molar-refractivity contribution < 1.29 is 8.83 Å². The lowest BCUT2D eigenvalue weighted by Gasteiger charge is -2.32. The summed E-state index contributed by atoms with van der Waals surface area (Å²) in [6.45, 7) is 4.71. The van der Waals surface area contributed by atoms with Crippen LogP contribution in [0.4, 0.5) is 0 Å². The first-order valence-electron chi connectivity index (χ1n) is 25.7. The summed E-state index contributed by atoms with van der Waals surface area (Å²) >= 11 is 0. The molecule has 5 nitrogen and oxygen atoms in total. The monoisotopic (exact) mass is 939 g/mol. The van der Waals surface area contributed by atoms with Crippen molar-refractivity contribution in [2.24, 2.45) is 16.8 Å². The van der Waals surface area contributed by atoms with E-state index in [1.807, 2.05) is 0 Å². The van der Waals surface area contributed by atoms with Gasteiger partial charge < -0.3 is 18.0 Å². The fourth-order valence-corrected chi connectivity index (χ4v) is 12.7. The molecule has 0 spiro atoms. The summed E-state index contributed by atoms with van der Waals surface area (Å²) in [5.41, 5.74) is 16.2. The van der Waals surface area contributed by atoms with Gasteiger partial charge in [0.25, 0.3) is 0 Å². The summed E-state index contributed by atoms with van der Waals surface area (Å²) in [6, 6.07) is 76.8. The number of aromatic nitrogens is 2. The molecule has 3 unspecified atom stereocenters. The quantitative estimate of drug-likeness (QED) is 0.167. The molecule has 10 aromatic carbocycles. The molecule has 1 aliphatic heterocycles. The molecule has 0 amide bonds. The topological polar surface area (TPSA) is 48.5 Å². The molecule has 5 heterocycles. The number of allylic oxidation sites excluding steroid dienone is 1. The smallest absolute Gasteiger partial charge is 0.142 e. The van der Waals surface area contributed by atoms with Crippen molar-refractivity contribution in [1.29, 1.82) is 0 Å². The minimum atomic E-state index is -0.305. The van der Waals surface area contributed by atoms with Gasteiger partial charge in [-0.1, -0.05) is 172 Å². The fourth-order valence-electron chi connectivity index (χ4n) is 12.7. The first-order chi connectivity index (χ1) is 36.1. The Morgan fingerprint density at radius 2 is 1.11 bits per heavy atom. The van der Waals surface area contributed by atoms with E-state index in [0.717, 1.165) is 96.0 Å². The Labute approximate surface area is 421 Å². The molecule has 348 valence electrons. The van der Waals surface area contributed by atoms with E-state index in [9.17, 15) is 0 Å². The summed E-state index contributed by atoms with van der Waals surface area (Å²) in [5.74, 6) is -0.0156. The molecule has 0 aliphatic carbocycles. The lowest BCUT2D eigenvalue weighted by atomic mass is 9.78. The lowest BCUT2D eigenvalue weighted by molar-refractivity contribution is 0.515. The molecular weight excluding hydrogens is 891 g/mol. The highest BCUT2D eigenvalue weighted by atomic mass is 16.3. The molecule has 0 saturated carbocycles. The van der Waals surface area contributed by atoms with Gasteiger partial charge in [0, 0.05) is 89.1 Å². The van der Waals surface area contributed by atoms with Gasteiger partial charge in [-0.3, -0.25) is 4.99 Å². The number of para-hydroxylation sites is 7. The maximum absolute atomic E-state index is 6.96. The molecule has 0 fully saturated rings. The van der Waals surface area contributed by atoms with Crippen LogP contribution in [-0.4, -0.2) is 14.8 Å². The van der Waals surface area contributed by atoms with Gasteiger partial charge in [-0.15, -0.1) is 0 Å². The Hall–Kier alpha value is -8.93. The number of rotatable bonds is 6. The van der Waals surface area contributed by atoms with E-state index in [2.05, 4.69) is 241 Å². The summed E-state index contributed by atoms with van der Waals surface area (Å²) in [7, 11) is 0. The van der Waals surface area contributed by atoms with Crippen molar-refractivity contribution in [2.75, 3.05) is 0 Å². The Kier molecular flexibility index (Phi) is 9.34. The van der Waals surface area contributed by atoms with E-state index >= 15 is 0 Å². The van der Waals surface area contributed by atoms with Gasteiger partial charge in [-0.2, -0.15) is 0 Å². The van der Waals surface area contributed by atoms with Crippen LogP contribution in [0.25, 0.3) is 115 Å². The molecule has 3 atom stereocenters. The van der Waals surface area contributed by atoms with Gasteiger partial charge in [-0.25, -0.2) is 0 Å². The molecule has 73 heavy (non-hydrogen) atoms. The number of aliphatic imine (C=N–C) groups is 1. The maximum Gasteiger partial charge on any atom is 0.142 e. The van der Waals surface area contributed by atoms with Crippen LogP contribution in [0.5, 0.6) is 0 Å². The molecule has 0 N–H and O–H groups in total. The second-order valence-electron chi connectivity index (χ2n) is 20.0. The number of hydrogen-bond donors (Lipinski definition) is 0. The zero-order chi connectivity index (χ0) is 48.3. The Bertz CT molecular complexity index is 4620. The number of benzene rings is 10. The normalized spacial score (nSPS) is 18.1. The van der Waals surface area contributed by atoms with Crippen LogP contribution < -0.4 is 0 Å². The molecule has 15 rings (SSSR count). The summed E-state index contributed by atoms with van der Waals surface area (Å²) in [5, 5.41) is 11.8. The largest absolute Gasteiger partial charge is 0.456 e. The molecule has 0 radical (unpaired) electrons. The van der Waals surface area contributed by atoms with Gasteiger partial charge in [0.05, 0.1) is 33.8 Å². The average molecular weight is 940 g/mol. The van der Waals surface area contributed by atoms with Crippen LogP contribution in [0.2, 0.25) is 0 Å². The molecule has 0 saturated heterocycles. The van der Waals surface area contributed by atoms with Crippen molar-refractivity contribution in [1.82, 2.24) is 9.13 Å². The third kappa shape index (κ3) is 6.31. The third-order valence-corrected chi connectivity index (χ3v) is 16.0. The van der Waals surface area contributed by atoms with Crippen molar-refractivity contribution in [3.05, 3.63) is 235 Å². The SMILES string of the molecule is CCC1/C(c2cccc3c2oc2ccccc23)=C/CC(C)/C(c2cc(-n3c4ccccc4c4cc5ccccc5cc43)cc3oc4ccccc4c23)=N\C1c1cccc2c3ccccc3n(-c3ccccc3)c12. The highest BCUT2D eigenvalue weighted by molar-refractivity contribution is 6.21. The Morgan fingerprint density at radius 3 is 1.90 bits per heavy atom. The minimum Gasteiger partial charge on any atom is -0.456 e. The lowest BCUT2D eigenvalue weighted by Crippen LogP contribution is -2.22. The summed E-state index contributed by atoms with van der Waals surface area (Å²) < 4.78 is 18.7. The van der Waals surface area contributed by atoms with Crippen LogP contribution in [0.3, 0.4) is 0 Å². The molecule has 4 aromatic heterocycles. The number of nitrogens with zero attached hydrogens (tertiary/aromatic N) is 3. The van der Waals surface area contributed by atoms with Crippen LogP contribution >= 0.6 is 0 Å². The molecule has 14 aromatic rings. The Balaban J connectivity index is 1.04. The molecule has 1 aliphatic rings. The highest BCUT2D eigenvalue weighted by Crippen LogP contribution is 2.49. The maximum atomic E-state index is 6.96. The molecular formula is C68H49N3O2. The van der Waals surface area contributed by atoms with Crippen molar-refractivity contribution in [3.63, 3.8) is 0 Å². The number of hydrogen-bond acceptors (Lipinski definition) is 3.